The summed E-state index contributed by atoms with van der Waals surface area (Å²) in [5, 5.41) is 4.52. The Bertz CT molecular complexity index is 417. The SMILES string of the molecule is CC1SCCSC1c1nccc(CNC(C)(C)C)n1. The molecule has 2 unspecified atom stereocenters. The van der Waals surface area contributed by atoms with Crippen LogP contribution in [0, 0.1) is 0 Å². The van der Waals surface area contributed by atoms with Crippen molar-refractivity contribution in [1.82, 2.24) is 15.3 Å². The maximum Gasteiger partial charge on any atom is 0.142 e. The number of rotatable bonds is 3. The second-order valence-electron chi connectivity index (χ2n) is 5.88. The van der Waals surface area contributed by atoms with Gasteiger partial charge in [0.05, 0.1) is 10.9 Å². The van der Waals surface area contributed by atoms with E-state index in [2.05, 4.69) is 38.0 Å². The number of nitrogens with one attached hydrogen (secondary N) is 1. The van der Waals surface area contributed by atoms with Crippen LogP contribution in [0.25, 0.3) is 0 Å². The lowest BCUT2D eigenvalue weighted by atomic mass is 10.1. The summed E-state index contributed by atoms with van der Waals surface area (Å²) in [4.78, 5) is 9.23. The van der Waals surface area contributed by atoms with Crippen LogP contribution in [0.15, 0.2) is 12.3 Å². The highest BCUT2D eigenvalue weighted by molar-refractivity contribution is 8.06. The molecule has 0 aromatic carbocycles. The molecule has 0 radical (unpaired) electrons. The minimum absolute atomic E-state index is 0.119. The maximum absolute atomic E-state index is 4.74. The molecule has 0 saturated carbocycles. The summed E-state index contributed by atoms with van der Waals surface area (Å²) in [6.07, 6.45) is 1.90. The first kappa shape index (κ1) is 15.1. The summed E-state index contributed by atoms with van der Waals surface area (Å²) in [7, 11) is 0. The molecule has 2 atom stereocenters. The van der Waals surface area contributed by atoms with E-state index in [-0.39, 0.29) is 5.54 Å². The summed E-state index contributed by atoms with van der Waals surface area (Å²) in [5.74, 6) is 3.44. The first-order valence-corrected chi connectivity index (χ1v) is 8.85. The Morgan fingerprint density at radius 1 is 1.32 bits per heavy atom. The Morgan fingerprint density at radius 3 is 2.74 bits per heavy atom. The first-order chi connectivity index (χ1) is 8.96. The van der Waals surface area contributed by atoms with Gasteiger partial charge in [0.25, 0.3) is 0 Å². The van der Waals surface area contributed by atoms with Crippen LogP contribution < -0.4 is 5.32 Å². The zero-order valence-corrected chi connectivity index (χ0v) is 13.8. The quantitative estimate of drug-likeness (QED) is 0.927. The second-order valence-corrected chi connectivity index (χ2v) is 8.61. The number of aromatic nitrogens is 2. The van der Waals surface area contributed by atoms with Crippen molar-refractivity contribution in [3.05, 3.63) is 23.8 Å². The third-order valence-corrected chi connectivity index (χ3v) is 6.06. The highest BCUT2D eigenvalue weighted by Crippen LogP contribution is 2.40. The van der Waals surface area contributed by atoms with Gasteiger partial charge in [-0.1, -0.05) is 6.92 Å². The van der Waals surface area contributed by atoms with Gasteiger partial charge in [0, 0.05) is 35.0 Å². The third kappa shape index (κ3) is 4.65. The van der Waals surface area contributed by atoms with E-state index < -0.39 is 0 Å². The average molecular weight is 297 g/mol. The van der Waals surface area contributed by atoms with Crippen molar-refractivity contribution < 1.29 is 0 Å². The number of hydrogen-bond acceptors (Lipinski definition) is 5. The lowest BCUT2D eigenvalue weighted by Crippen LogP contribution is -2.35. The first-order valence-electron chi connectivity index (χ1n) is 6.76. The lowest BCUT2D eigenvalue weighted by molar-refractivity contribution is 0.420. The van der Waals surface area contributed by atoms with Crippen LogP contribution in [0.1, 0.15) is 44.5 Å². The van der Waals surface area contributed by atoms with Crippen molar-refractivity contribution in [2.24, 2.45) is 0 Å². The fraction of sp³-hybridized carbons (Fsp3) is 0.714. The Morgan fingerprint density at radius 2 is 2.05 bits per heavy atom. The van der Waals surface area contributed by atoms with E-state index in [0.29, 0.717) is 10.5 Å². The van der Waals surface area contributed by atoms with Gasteiger partial charge >= 0.3 is 0 Å². The number of hydrogen-bond donors (Lipinski definition) is 1. The molecule has 0 bridgehead atoms. The monoisotopic (exact) mass is 297 g/mol. The van der Waals surface area contributed by atoms with Crippen molar-refractivity contribution in [2.45, 2.75) is 50.3 Å². The molecule has 0 spiro atoms. The van der Waals surface area contributed by atoms with Crippen LogP contribution in [0.5, 0.6) is 0 Å². The van der Waals surface area contributed by atoms with Gasteiger partial charge in [0.15, 0.2) is 0 Å². The van der Waals surface area contributed by atoms with Crippen molar-refractivity contribution in [3.63, 3.8) is 0 Å². The van der Waals surface area contributed by atoms with Crippen LogP contribution in [-0.4, -0.2) is 32.3 Å². The van der Waals surface area contributed by atoms with E-state index in [9.17, 15) is 0 Å². The molecule has 1 aromatic heterocycles. The second kappa shape index (κ2) is 6.46. The van der Waals surface area contributed by atoms with Gasteiger partial charge in [-0.3, -0.25) is 0 Å². The molecule has 1 N–H and O–H groups in total. The topological polar surface area (TPSA) is 37.8 Å². The predicted molar refractivity (Wildman–Crippen MR) is 85.7 cm³/mol. The van der Waals surface area contributed by atoms with E-state index in [1.165, 1.54) is 11.5 Å². The van der Waals surface area contributed by atoms with Crippen LogP contribution in [0.3, 0.4) is 0 Å². The third-order valence-electron chi connectivity index (χ3n) is 2.97. The molecule has 5 heteroatoms. The van der Waals surface area contributed by atoms with Crippen molar-refractivity contribution in [1.29, 1.82) is 0 Å². The van der Waals surface area contributed by atoms with Gasteiger partial charge in [-0.15, -0.1) is 11.8 Å². The molecule has 106 valence electrons. The lowest BCUT2D eigenvalue weighted by Gasteiger charge is -2.27. The molecule has 1 aromatic rings. The van der Waals surface area contributed by atoms with Gasteiger partial charge in [-0.05, 0) is 26.8 Å². The van der Waals surface area contributed by atoms with Crippen molar-refractivity contribution >= 4 is 23.5 Å². The molecule has 0 aliphatic carbocycles. The summed E-state index contributed by atoms with van der Waals surface area (Å²) < 4.78 is 0. The number of nitrogens with zero attached hydrogens (tertiary/aromatic N) is 2. The van der Waals surface area contributed by atoms with E-state index in [0.717, 1.165) is 18.1 Å². The van der Waals surface area contributed by atoms with Gasteiger partial charge in [-0.2, -0.15) is 11.8 Å². The Hall–Kier alpha value is -0.260. The summed E-state index contributed by atoms with van der Waals surface area (Å²) >= 11 is 4.02. The molecule has 1 aliphatic heterocycles. The molecule has 2 rings (SSSR count). The standard InChI is InChI=1S/C14H23N3S2/c1-10-12(19-8-7-18-10)13-15-6-5-11(17-13)9-16-14(2,3)4/h5-6,10,12,16H,7-9H2,1-4H3. The summed E-state index contributed by atoms with van der Waals surface area (Å²) in [6.45, 7) is 9.60. The van der Waals surface area contributed by atoms with Crippen molar-refractivity contribution in [3.8, 4) is 0 Å². The number of thioether (sulfide) groups is 2. The molecular weight excluding hydrogens is 274 g/mol. The maximum atomic E-state index is 4.74. The normalized spacial score (nSPS) is 24.4. The Labute approximate surface area is 124 Å². The average Bonchev–Trinajstić information content (AvgIpc) is 2.36. The van der Waals surface area contributed by atoms with Gasteiger partial charge in [0.2, 0.25) is 0 Å². The Balaban J connectivity index is 2.06. The highest BCUT2D eigenvalue weighted by atomic mass is 32.2. The fourth-order valence-corrected chi connectivity index (χ4v) is 4.62. The zero-order valence-electron chi connectivity index (χ0n) is 12.1. The molecule has 3 nitrogen and oxygen atoms in total. The molecule has 2 heterocycles. The van der Waals surface area contributed by atoms with E-state index in [4.69, 9.17) is 4.98 Å². The van der Waals surface area contributed by atoms with E-state index in [1.54, 1.807) is 0 Å². The van der Waals surface area contributed by atoms with Crippen LogP contribution in [0.4, 0.5) is 0 Å². The van der Waals surface area contributed by atoms with Gasteiger partial charge in [-0.25, -0.2) is 9.97 Å². The Kier molecular flexibility index (Phi) is 5.15. The van der Waals surface area contributed by atoms with Gasteiger partial charge < -0.3 is 5.32 Å². The molecule has 1 fully saturated rings. The van der Waals surface area contributed by atoms with E-state index >= 15 is 0 Å². The van der Waals surface area contributed by atoms with Crippen molar-refractivity contribution in [2.75, 3.05) is 11.5 Å². The summed E-state index contributed by atoms with van der Waals surface area (Å²) in [6, 6.07) is 2.01. The smallest absolute Gasteiger partial charge is 0.142 e. The van der Waals surface area contributed by atoms with Crippen LogP contribution in [0.2, 0.25) is 0 Å². The molecule has 19 heavy (non-hydrogen) atoms. The van der Waals surface area contributed by atoms with Crippen LogP contribution in [-0.2, 0) is 6.54 Å². The molecular formula is C14H23N3S2. The largest absolute Gasteiger partial charge is 0.306 e. The van der Waals surface area contributed by atoms with E-state index in [1.807, 2.05) is 35.8 Å². The molecule has 0 amide bonds. The minimum Gasteiger partial charge on any atom is -0.306 e. The minimum atomic E-state index is 0.119. The van der Waals surface area contributed by atoms with Gasteiger partial charge in [0.1, 0.15) is 5.82 Å². The zero-order chi connectivity index (χ0) is 13.9. The predicted octanol–water partition coefficient (Wildman–Crippen LogP) is 3.27. The fourth-order valence-electron chi connectivity index (χ4n) is 1.92. The van der Waals surface area contributed by atoms with Crippen LogP contribution >= 0.6 is 23.5 Å². The summed E-state index contributed by atoms with van der Waals surface area (Å²) in [5.41, 5.74) is 1.21. The molecule has 1 aliphatic rings. The highest BCUT2D eigenvalue weighted by Gasteiger charge is 2.26. The molecule has 1 saturated heterocycles.